The molecule has 2 aliphatic rings. The third kappa shape index (κ3) is 4.51. The molecule has 1 amide bonds. The Kier molecular flexibility index (Phi) is 6.26. The lowest BCUT2D eigenvalue weighted by molar-refractivity contribution is 0.0563. The molecule has 2 fully saturated rings. The number of carbonyl (C=O) groups is 1. The molecule has 29 heavy (non-hydrogen) atoms. The van der Waals surface area contributed by atoms with Crippen molar-refractivity contribution < 1.29 is 9.53 Å². The van der Waals surface area contributed by atoms with Crippen LogP contribution in [0.4, 0.5) is 5.69 Å². The van der Waals surface area contributed by atoms with Gasteiger partial charge in [0, 0.05) is 51.0 Å². The fourth-order valence-corrected chi connectivity index (χ4v) is 4.60. The van der Waals surface area contributed by atoms with E-state index in [4.69, 9.17) is 16.3 Å². The highest BCUT2D eigenvalue weighted by Crippen LogP contribution is 2.25. The van der Waals surface area contributed by atoms with Crippen LogP contribution in [0.5, 0.6) is 5.75 Å². The SMILES string of the molecule is COc1ccc(N2CCN(C3CCCN(C(=O)c4ccccc4Cl)C3)CC2)cc1. The predicted octanol–water partition coefficient (Wildman–Crippen LogP) is 3.78. The van der Waals surface area contributed by atoms with Gasteiger partial charge >= 0.3 is 0 Å². The van der Waals surface area contributed by atoms with E-state index in [0.29, 0.717) is 16.6 Å². The smallest absolute Gasteiger partial charge is 0.255 e. The number of anilines is 1. The number of hydrogen-bond acceptors (Lipinski definition) is 4. The van der Waals surface area contributed by atoms with Crippen LogP contribution in [0.25, 0.3) is 0 Å². The van der Waals surface area contributed by atoms with Gasteiger partial charge in [0.2, 0.25) is 0 Å². The first-order valence-electron chi connectivity index (χ1n) is 10.3. The van der Waals surface area contributed by atoms with Crippen molar-refractivity contribution in [1.29, 1.82) is 0 Å². The molecule has 0 aliphatic carbocycles. The minimum absolute atomic E-state index is 0.0529. The number of rotatable bonds is 4. The molecule has 0 bridgehead atoms. The third-order valence-corrected chi connectivity index (χ3v) is 6.39. The van der Waals surface area contributed by atoms with Gasteiger partial charge in [-0.15, -0.1) is 0 Å². The summed E-state index contributed by atoms with van der Waals surface area (Å²) in [7, 11) is 1.69. The standard InChI is InChI=1S/C23H28ClN3O2/c1-29-20-10-8-18(9-11-20)25-13-15-26(16-14-25)19-5-4-12-27(17-19)23(28)21-6-2-3-7-22(21)24/h2-3,6-11,19H,4-5,12-17H2,1H3. The van der Waals surface area contributed by atoms with Crippen LogP contribution in [0.3, 0.4) is 0 Å². The van der Waals surface area contributed by atoms with Crippen LogP contribution >= 0.6 is 11.6 Å². The lowest BCUT2D eigenvalue weighted by Gasteiger charge is -2.44. The highest BCUT2D eigenvalue weighted by atomic mass is 35.5. The first kappa shape index (κ1) is 20.0. The van der Waals surface area contributed by atoms with Crippen molar-refractivity contribution in [3.63, 3.8) is 0 Å². The number of hydrogen-bond donors (Lipinski definition) is 0. The number of likely N-dealkylation sites (tertiary alicyclic amines) is 1. The molecule has 154 valence electrons. The van der Waals surface area contributed by atoms with E-state index in [1.807, 2.05) is 35.2 Å². The van der Waals surface area contributed by atoms with Crippen molar-refractivity contribution in [2.24, 2.45) is 0 Å². The van der Waals surface area contributed by atoms with Gasteiger partial charge in [-0.1, -0.05) is 23.7 Å². The van der Waals surface area contributed by atoms with Crippen LogP contribution in [0, 0.1) is 0 Å². The van der Waals surface area contributed by atoms with E-state index in [1.165, 1.54) is 5.69 Å². The summed E-state index contributed by atoms with van der Waals surface area (Å²) < 4.78 is 5.25. The normalized spacial score (nSPS) is 20.6. The maximum atomic E-state index is 12.9. The zero-order valence-corrected chi connectivity index (χ0v) is 17.6. The van der Waals surface area contributed by atoms with E-state index < -0.39 is 0 Å². The molecular formula is C23H28ClN3O2. The van der Waals surface area contributed by atoms with Crippen LogP contribution in [-0.2, 0) is 0 Å². The lowest BCUT2D eigenvalue weighted by Crippen LogP contribution is -2.55. The average Bonchev–Trinajstić information content (AvgIpc) is 2.79. The fourth-order valence-electron chi connectivity index (χ4n) is 4.38. The Bertz CT molecular complexity index is 834. The first-order chi connectivity index (χ1) is 14.2. The molecule has 2 aliphatic heterocycles. The number of ether oxygens (including phenoxy) is 1. The van der Waals surface area contributed by atoms with Crippen molar-refractivity contribution >= 4 is 23.2 Å². The van der Waals surface area contributed by atoms with Crippen LogP contribution in [0.1, 0.15) is 23.2 Å². The molecule has 0 N–H and O–H groups in total. The molecule has 1 atom stereocenters. The predicted molar refractivity (Wildman–Crippen MR) is 117 cm³/mol. The van der Waals surface area contributed by atoms with Crippen LogP contribution in [0.15, 0.2) is 48.5 Å². The second kappa shape index (κ2) is 9.06. The monoisotopic (exact) mass is 413 g/mol. The Balaban J connectivity index is 1.35. The maximum Gasteiger partial charge on any atom is 0.255 e. The molecule has 6 heteroatoms. The molecule has 5 nitrogen and oxygen atoms in total. The molecule has 0 spiro atoms. The molecule has 0 aromatic heterocycles. The molecule has 2 aromatic rings. The van der Waals surface area contributed by atoms with Gasteiger partial charge in [0.25, 0.3) is 5.91 Å². The summed E-state index contributed by atoms with van der Waals surface area (Å²) in [6, 6.07) is 16.0. The fraction of sp³-hybridized carbons (Fsp3) is 0.435. The number of piperidine rings is 1. The minimum Gasteiger partial charge on any atom is -0.497 e. The summed E-state index contributed by atoms with van der Waals surface area (Å²) in [6.07, 6.45) is 2.19. The summed E-state index contributed by atoms with van der Waals surface area (Å²) in [5.74, 6) is 0.940. The van der Waals surface area contributed by atoms with E-state index in [0.717, 1.165) is 57.9 Å². The summed E-state index contributed by atoms with van der Waals surface area (Å²) >= 11 is 6.25. The van der Waals surface area contributed by atoms with Gasteiger partial charge in [-0.2, -0.15) is 0 Å². The van der Waals surface area contributed by atoms with Crippen molar-refractivity contribution in [1.82, 2.24) is 9.80 Å². The summed E-state index contributed by atoms with van der Waals surface area (Å²) in [5, 5.41) is 0.535. The van der Waals surface area contributed by atoms with E-state index in [2.05, 4.69) is 21.9 Å². The zero-order chi connectivity index (χ0) is 20.2. The van der Waals surface area contributed by atoms with Gasteiger partial charge in [-0.05, 0) is 49.2 Å². The summed E-state index contributed by atoms with van der Waals surface area (Å²) in [4.78, 5) is 19.9. The number of piperazine rings is 1. The Morgan fingerprint density at radius 1 is 1.00 bits per heavy atom. The lowest BCUT2D eigenvalue weighted by atomic mass is 10.0. The number of nitrogens with zero attached hydrogens (tertiary/aromatic N) is 3. The third-order valence-electron chi connectivity index (χ3n) is 6.06. The van der Waals surface area contributed by atoms with Gasteiger partial charge in [0.05, 0.1) is 17.7 Å². The average molecular weight is 414 g/mol. The molecule has 4 rings (SSSR count). The van der Waals surface area contributed by atoms with E-state index in [1.54, 1.807) is 13.2 Å². The molecule has 0 saturated carbocycles. The minimum atomic E-state index is 0.0529. The number of methoxy groups -OCH3 is 1. The number of carbonyl (C=O) groups excluding carboxylic acids is 1. The van der Waals surface area contributed by atoms with Gasteiger partial charge in [-0.25, -0.2) is 0 Å². The topological polar surface area (TPSA) is 36.0 Å². The highest BCUT2D eigenvalue weighted by Gasteiger charge is 2.30. The summed E-state index contributed by atoms with van der Waals surface area (Å²) in [5.41, 5.74) is 1.85. The van der Waals surface area contributed by atoms with Crippen molar-refractivity contribution in [3.05, 3.63) is 59.1 Å². The largest absolute Gasteiger partial charge is 0.497 e. The molecule has 1 unspecified atom stereocenters. The number of halogens is 1. The van der Waals surface area contributed by atoms with E-state index in [-0.39, 0.29) is 5.91 Å². The molecular weight excluding hydrogens is 386 g/mol. The Morgan fingerprint density at radius 2 is 1.72 bits per heavy atom. The molecule has 2 heterocycles. The van der Waals surface area contributed by atoms with Crippen molar-refractivity contribution in [3.8, 4) is 5.75 Å². The first-order valence-corrected chi connectivity index (χ1v) is 10.7. The van der Waals surface area contributed by atoms with Crippen LogP contribution in [0.2, 0.25) is 5.02 Å². The second-order valence-electron chi connectivity index (χ2n) is 7.75. The number of amides is 1. The Morgan fingerprint density at radius 3 is 2.41 bits per heavy atom. The van der Waals surface area contributed by atoms with Gasteiger partial charge < -0.3 is 14.5 Å². The molecule has 2 saturated heterocycles. The zero-order valence-electron chi connectivity index (χ0n) is 16.9. The van der Waals surface area contributed by atoms with Gasteiger partial charge in [-0.3, -0.25) is 9.69 Å². The quantitative estimate of drug-likeness (QED) is 0.764. The maximum absolute atomic E-state index is 12.9. The van der Waals surface area contributed by atoms with Gasteiger partial charge in [0.1, 0.15) is 5.75 Å². The Labute approximate surface area is 177 Å². The Hall–Kier alpha value is -2.24. The molecule has 2 aromatic carbocycles. The molecule has 0 radical (unpaired) electrons. The number of benzene rings is 2. The van der Waals surface area contributed by atoms with Gasteiger partial charge in [0.15, 0.2) is 0 Å². The highest BCUT2D eigenvalue weighted by molar-refractivity contribution is 6.33. The second-order valence-corrected chi connectivity index (χ2v) is 8.16. The van der Waals surface area contributed by atoms with E-state index in [9.17, 15) is 4.79 Å². The van der Waals surface area contributed by atoms with Crippen molar-refractivity contribution in [2.45, 2.75) is 18.9 Å². The van der Waals surface area contributed by atoms with Crippen LogP contribution < -0.4 is 9.64 Å². The van der Waals surface area contributed by atoms with Crippen molar-refractivity contribution in [2.75, 3.05) is 51.3 Å². The summed E-state index contributed by atoms with van der Waals surface area (Å²) in [6.45, 7) is 5.64. The van der Waals surface area contributed by atoms with E-state index >= 15 is 0 Å². The van der Waals surface area contributed by atoms with Crippen LogP contribution in [-0.4, -0.2) is 68.1 Å².